The third-order valence-electron chi connectivity index (χ3n) is 4.57. The van der Waals surface area contributed by atoms with E-state index >= 15 is 0 Å². The Morgan fingerprint density at radius 3 is 2.77 bits per heavy atom. The SMILES string of the molecule is O=C1CN(C(=O)NCc2cc3c([nH]c2=O)CCC3)CN1CCC(F)(F)F. The van der Waals surface area contributed by atoms with Gasteiger partial charge in [-0.1, -0.05) is 0 Å². The largest absolute Gasteiger partial charge is 0.390 e. The van der Waals surface area contributed by atoms with Crippen molar-refractivity contribution in [3.8, 4) is 0 Å². The van der Waals surface area contributed by atoms with Crippen LogP contribution in [-0.2, 0) is 24.2 Å². The molecule has 1 aromatic rings. The van der Waals surface area contributed by atoms with Crippen molar-refractivity contribution in [3.63, 3.8) is 0 Å². The van der Waals surface area contributed by atoms with E-state index in [0.29, 0.717) is 5.56 Å². The fourth-order valence-corrected chi connectivity index (χ4v) is 3.17. The number of urea groups is 1. The molecule has 3 amide bonds. The lowest BCUT2D eigenvalue weighted by Crippen LogP contribution is -2.40. The summed E-state index contributed by atoms with van der Waals surface area (Å²) in [6, 6.07) is 1.18. The summed E-state index contributed by atoms with van der Waals surface area (Å²) in [6.45, 7) is -0.948. The first-order chi connectivity index (χ1) is 12.2. The van der Waals surface area contributed by atoms with Crippen LogP contribution in [0.3, 0.4) is 0 Å². The molecule has 2 N–H and O–H groups in total. The number of amides is 3. The first-order valence-corrected chi connectivity index (χ1v) is 8.34. The predicted octanol–water partition coefficient (Wildman–Crippen LogP) is 1.13. The van der Waals surface area contributed by atoms with Crippen LogP contribution in [0.2, 0.25) is 0 Å². The third kappa shape index (κ3) is 4.17. The first-order valence-electron chi connectivity index (χ1n) is 8.34. The second kappa shape index (κ2) is 7.00. The van der Waals surface area contributed by atoms with Crippen molar-refractivity contribution in [2.45, 2.75) is 38.4 Å². The standard InChI is InChI=1S/C16H19F3N4O3/c17-16(18,19)4-5-22-9-23(8-13(22)24)15(26)20-7-11-6-10-2-1-3-12(10)21-14(11)25/h6H,1-5,7-9H2,(H,20,26)(H,21,25). The van der Waals surface area contributed by atoms with Gasteiger partial charge in [-0.25, -0.2) is 4.79 Å². The van der Waals surface area contributed by atoms with E-state index in [4.69, 9.17) is 0 Å². The van der Waals surface area contributed by atoms with Gasteiger partial charge >= 0.3 is 12.2 Å². The number of hydrogen-bond acceptors (Lipinski definition) is 3. The lowest BCUT2D eigenvalue weighted by Gasteiger charge is -2.19. The van der Waals surface area contributed by atoms with Crippen LogP contribution in [0.25, 0.3) is 0 Å². The highest BCUT2D eigenvalue weighted by atomic mass is 19.4. The van der Waals surface area contributed by atoms with E-state index < -0.39 is 31.1 Å². The van der Waals surface area contributed by atoms with Crippen molar-refractivity contribution in [2.75, 3.05) is 19.8 Å². The summed E-state index contributed by atoms with van der Waals surface area (Å²) in [5, 5.41) is 2.55. The highest BCUT2D eigenvalue weighted by Crippen LogP contribution is 2.21. The summed E-state index contributed by atoms with van der Waals surface area (Å²) >= 11 is 0. The molecule has 10 heteroatoms. The number of hydrogen-bond donors (Lipinski definition) is 2. The van der Waals surface area contributed by atoms with Gasteiger partial charge in [0.05, 0.1) is 13.1 Å². The number of nitrogens with zero attached hydrogens (tertiary/aromatic N) is 2. The van der Waals surface area contributed by atoms with Gasteiger partial charge in [0.25, 0.3) is 5.56 Å². The van der Waals surface area contributed by atoms with Crippen LogP contribution in [-0.4, -0.2) is 52.7 Å². The number of aromatic amines is 1. The molecule has 1 fully saturated rings. The molecule has 1 saturated heterocycles. The van der Waals surface area contributed by atoms with Gasteiger partial charge in [0, 0.05) is 24.3 Å². The maximum atomic E-state index is 12.3. The molecule has 2 heterocycles. The number of H-pyrrole nitrogens is 1. The summed E-state index contributed by atoms with van der Waals surface area (Å²) < 4.78 is 36.8. The number of fused-ring (bicyclic) bond motifs is 1. The van der Waals surface area contributed by atoms with Crippen LogP contribution < -0.4 is 10.9 Å². The molecule has 142 valence electrons. The molecule has 1 aliphatic carbocycles. The van der Waals surface area contributed by atoms with Gasteiger partial charge in [0.1, 0.15) is 6.54 Å². The molecule has 1 aliphatic heterocycles. The topological polar surface area (TPSA) is 85.5 Å². The van der Waals surface area contributed by atoms with Gasteiger partial charge in [-0.2, -0.15) is 13.2 Å². The molecule has 2 aliphatic rings. The second-order valence-corrected chi connectivity index (χ2v) is 6.50. The van der Waals surface area contributed by atoms with E-state index in [1.54, 1.807) is 6.07 Å². The zero-order chi connectivity index (χ0) is 18.9. The van der Waals surface area contributed by atoms with Gasteiger partial charge in [-0.15, -0.1) is 0 Å². The molecule has 0 spiro atoms. The van der Waals surface area contributed by atoms with Crippen LogP contribution in [0.1, 0.15) is 29.7 Å². The van der Waals surface area contributed by atoms with Crippen LogP contribution in [0, 0.1) is 0 Å². The molecular formula is C16H19F3N4O3. The number of rotatable bonds is 4. The normalized spacial score (nSPS) is 17.0. The molecule has 26 heavy (non-hydrogen) atoms. The monoisotopic (exact) mass is 372 g/mol. The number of nitrogens with one attached hydrogen (secondary N) is 2. The zero-order valence-electron chi connectivity index (χ0n) is 14.0. The highest BCUT2D eigenvalue weighted by molar-refractivity contribution is 5.87. The Morgan fingerprint density at radius 2 is 2.04 bits per heavy atom. The van der Waals surface area contributed by atoms with Crippen molar-refractivity contribution in [3.05, 3.63) is 33.2 Å². The molecule has 0 atom stereocenters. The maximum Gasteiger partial charge on any atom is 0.390 e. The minimum Gasteiger partial charge on any atom is -0.334 e. The fourth-order valence-electron chi connectivity index (χ4n) is 3.17. The Morgan fingerprint density at radius 1 is 1.27 bits per heavy atom. The fraction of sp³-hybridized carbons (Fsp3) is 0.562. The minimum atomic E-state index is -4.36. The van der Waals surface area contributed by atoms with Gasteiger partial charge in [-0.3, -0.25) is 14.5 Å². The van der Waals surface area contributed by atoms with Crippen LogP contribution in [0.15, 0.2) is 10.9 Å². The number of aromatic nitrogens is 1. The van der Waals surface area contributed by atoms with Gasteiger partial charge in [-0.05, 0) is 30.9 Å². The first kappa shape index (κ1) is 18.3. The van der Waals surface area contributed by atoms with Gasteiger partial charge in [0.15, 0.2) is 0 Å². The number of carbonyl (C=O) groups is 2. The van der Waals surface area contributed by atoms with Crippen molar-refractivity contribution in [1.82, 2.24) is 20.1 Å². The van der Waals surface area contributed by atoms with Crippen molar-refractivity contribution in [1.29, 1.82) is 0 Å². The molecule has 7 nitrogen and oxygen atoms in total. The highest BCUT2D eigenvalue weighted by Gasteiger charge is 2.34. The lowest BCUT2D eigenvalue weighted by atomic mass is 10.1. The number of carbonyl (C=O) groups excluding carboxylic acids is 2. The van der Waals surface area contributed by atoms with Crippen LogP contribution in [0.4, 0.5) is 18.0 Å². The van der Waals surface area contributed by atoms with Crippen molar-refractivity contribution < 1.29 is 22.8 Å². The van der Waals surface area contributed by atoms with Crippen molar-refractivity contribution >= 4 is 11.9 Å². The summed E-state index contributed by atoms with van der Waals surface area (Å²) in [5.74, 6) is -0.528. The predicted molar refractivity (Wildman–Crippen MR) is 85.3 cm³/mol. The average molecular weight is 372 g/mol. The number of alkyl halides is 3. The van der Waals surface area contributed by atoms with Gasteiger partial charge in [0.2, 0.25) is 5.91 Å². The molecular weight excluding hydrogens is 353 g/mol. The number of pyridine rings is 1. The van der Waals surface area contributed by atoms with E-state index in [1.165, 1.54) is 0 Å². The van der Waals surface area contributed by atoms with Crippen LogP contribution >= 0.6 is 0 Å². The lowest BCUT2D eigenvalue weighted by molar-refractivity contribution is -0.142. The van der Waals surface area contributed by atoms with E-state index in [9.17, 15) is 27.6 Å². The van der Waals surface area contributed by atoms with E-state index in [1.807, 2.05) is 0 Å². The average Bonchev–Trinajstić information content (AvgIpc) is 3.15. The molecule has 0 aromatic carbocycles. The maximum absolute atomic E-state index is 12.3. The second-order valence-electron chi connectivity index (χ2n) is 6.50. The Hall–Kier alpha value is -2.52. The Balaban J connectivity index is 1.54. The summed E-state index contributed by atoms with van der Waals surface area (Å²) in [6.07, 6.45) is -2.78. The molecule has 0 saturated carbocycles. The Labute approximate surface area is 147 Å². The quantitative estimate of drug-likeness (QED) is 0.831. The number of halogens is 3. The van der Waals surface area contributed by atoms with E-state index in [2.05, 4.69) is 10.3 Å². The third-order valence-corrected chi connectivity index (χ3v) is 4.57. The molecule has 0 unspecified atom stereocenters. The Bertz CT molecular complexity index is 775. The minimum absolute atomic E-state index is 0.00527. The summed E-state index contributed by atoms with van der Waals surface area (Å²) in [4.78, 5) is 40.8. The molecule has 0 radical (unpaired) electrons. The molecule has 3 rings (SSSR count). The van der Waals surface area contributed by atoms with Crippen LogP contribution in [0.5, 0.6) is 0 Å². The number of aryl methyl sites for hydroxylation is 2. The molecule has 1 aromatic heterocycles. The van der Waals surface area contributed by atoms with E-state index in [-0.39, 0.29) is 25.3 Å². The van der Waals surface area contributed by atoms with Crippen molar-refractivity contribution in [2.24, 2.45) is 0 Å². The molecule has 0 bridgehead atoms. The summed E-state index contributed by atoms with van der Waals surface area (Å²) in [7, 11) is 0. The Kier molecular flexibility index (Phi) is 4.92. The van der Waals surface area contributed by atoms with E-state index in [0.717, 1.165) is 40.3 Å². The van der Waals surface area contributed by atoms with Gasteiger partial charge < -0.3 is 15.2 Å². The zero-order valence-corrected chi connectivity index (χ0v) is 14.0. The smallest absolute Gasteiger partial charge is 0.334 e. The summed E-state index contributed by atoms with van der Waals surface area (Å²) in [5.41, 5.74) is 2.13.